The first-order chi connectivity index (χ1) is 7.99. The van der Waals surface area contributed by atoms with Crippen LogP contribution in [0.5, 0.6) is 0 Å². The SMILES string of the molecule is CCOC(=O)NS(=O)(=O)N1CCC(CCBr)C1. The Morgan fingerprint density at radius 3 is 2.88 bits per heavy atom. The maximum Gasteiger partial charge on any atom is 0.421 e. The third-order valence-corrected chi connectivity index (χ3v) is 4.49. The number of amides is 1. The van der Waals surface area contributed by atoms with Crippen LogP contribution in [0.2, 0.25) is 0 Å². The second-order valence-electron chi connectivity index (χ2n) is 3.82. The molecule has 1 unspecified atom stereocenters. The smallest absolute Gasteiger partial charge is 0.421 e. The molecule has 0 radical (unpaired) electrons. The topological polar surface area (TPSA) is 75.7 Å². The van der Waals surface area contributed by atoms with E-state index in [1.165, 1.54) is 4.31 Å². The number of rotatable bonds is 5. The van der Waals surface area contributed by atoms with Crippen molar-refractivity contribution in [3.05, 3.63) is 0 Å². The normalized spacial score (nSPS) is 21.4. The summed E-state index contributed by atoms with van der Waals surface area (Å²) in [7, 11) is -3.74. The summed E-state index contributed by atoms with van der Waals surface area (Å²) in [5, 5.41) is 0.858. The van der Waals surface area contributed by atoms with E-state index >= 15 is 0 Å². The zero-order chi connectivity index (χ0) is 12.9. The molecule has 1 aliphatic heterocycles. The van der Waals surface area contributed by atoms with Gasteiger partial charge >= 0.3 is 16.3 Å². The fourth-order valence-corrected chi connectivity index (χ4v) is 3.53. The van der Waals surface area contributed by atoms with E-state index in [1.807, 2.05) is 4.72 Å². The first kappa shape index (κ1) is 14.7. The second kappa shape index (κ2) is 6.55. The summed E-state index contributed by atoms with van der Waals surface area (Å²) in [6, 6.07) is 0. The van der Waals surface area contributed by atoms with E-state index in [-0.39, 0.29) is 6.61 Å². The van der Waals surface area contributed by atoms with Crippen molar-refractivity contribution in [2.24, 2.45) is 5.92 Å². The molecule has 1 amide bonds. The standard InChI is InChI=1S/C9H17BrN2O4S/c1-2-16-9(13)11-17(14,15)12-6-4-8(7-12)3-5-10/h8H,2-7H2,1H3,(H,11,13). The third-order valence-electron chi connectivity index (χ3n) is 2.59. The summed E-state index contributed by atoms with van der Waals surface area (Å²) in [4.78, 5) is 11.1. The molecule has 0 bridgehead atoms. The molecule has 0 saturated carbocycles. The van der Waals surface area contributed by atoms with Crippen molar-refractivity contribution < 1.29 is 17.9 Å². The molecule has 1 aliphatic rings. The number of hydrogen-bond acceptors (Lipinski definition) is 4. The van der Waals surface area contributed by atoms with Gasteiger partial charge in [0.15, 0.2) is 0 Å². The van der Waals surface area contributed by atoms with Gasteiger partial charge in [0.1, 0.15) is 0 Å². The molecule has 0 aromatic rings. The van der Waals surface area contributed by atoms with E-state index in [4.69, 9.17) is 0 Å². The Balaban J connectivity index is 2.52. The number of nitrogens with one attached hydrogen (secondary N) is 1. The lowest BCUT2D eigenvalue weighted by Crippen LogP contribution is -2.42. The van der Waals surface area contributed by atoms with E-state index in [2.05, 4.69) is 20.7 Å². The Morgan fingerprint density at radius 1 is 1.59 bits per heavy atom. The van der Waals surface area contributed by atoms with Crippen molar-refractivity contribution in [1.29, 1.82) is 0 Å². The van der Waals surface area contributed by atoms with Crippen molar-refractivity contribution in [2.45, 2.75) is 19.8 Å². The summed E-state index contributed by atoms with van der Waals surface area (Å²) in [5.41, 5.74) is 0. The number of nitrogens with zero attached hydrogens (tertiary/aromatic N) is 1. The van der Waals surface area contributed by atoms with Crippen LogP contribution in [0.25, 0.3) is 0 Å². The van der Waals surface area contributed by atoms with Gasteiger partial charge < -0.3 is 4.74 Å². The van der Waals surface area contributed by atoms with Crippen LogP contribution in [-0.4, -0.2) is 43.8 Å². The number of alkyl halides is 1. The number of carbonyl (C=O) groups is 1. The molecule has 1 fully saturated rings. The summed E-state index contributed by atoms with van der Waals surface area (Å²) in [6.07, 6.45) is 0.845. The van der Waals surface area contributed by atoms with Crippen LogP contribution < -0.4 is 4.72 Å². The van der Waals surface area contributed by atoms with Gasteiger partial charge in [-0.25, -0.2) is 9.52 Å². The average Bonchev–Trinajstić information content (AvgIpc) is 2.67. The van der Waals surface area contributed by atoms with Gasteiger partial charge in [-0.1, -0.05) is 15.9 Å². The van der Waals surface area contributed by atoms with Crippen molar-refractivity contribution in [1.82, 2.24) is 9.03 Å². The van der Waals surface area contributed by atoms with Gasteiger partial charge in [-0.15, -0.1) is 0 Å². The van der Waals surface area contributed by atoms with Crippen LogP contribution in [0.3, 0.4) is 0 Å². The maximum atomic E-state index is 11.8. The van der Waals surface area contributed by atoms with E-state index < -0.39 is 16.3 Å². The van der Waals surface area contributed by atoms with Gasteiger partial charge in [0.05, 0.1) is 6.61 Å². The number of hydrogen-bond donors (Lipinski definition) is 1. The fourth-order valence-electron chi connectivity index (χ4n) is 1.74. The second-order valence-corrected chi connectivity index (χ2v) is 6.28. The Labute approximate surface area is 110 Å². The Hall–Kier alpha value is -0.340. The molecule has 1 rings (SSSR count). The minimum Gasteiger partial charge on any atom is -0.449 e. The minimum atomic E-state index is -3.74. The molecule has 0 spiro atoms. The summed E-state index contributed by atoms with van der Waals surface area (Å²) in [5.74, 6) is 0.355. The highest BCUT2D eigenvalue weighted by atomic mass is 79.9. The predicted octanol–water partition coefficient (Wildman–Crippen LogP) is 1.08. The fraction of sp³-hybridized carbons (Fsp3) is 0.889. The summed E-state index contributed by atoms with van der Waals surface area (Å²) < 4.78 is 31.3. The van der Waals surface area contributed by atoms with E-state index in [0.717, 1.165) is 18.2 Å². The van der Waals surface area contributed by atoms with Crippen LogP contribution in [0.15, 0.2) is 0 Å². The molecule has 17 heavy (non-hydrogen) atoms. The molecule has 1 atom stereocenters. The quantitative estimate of drug-likeness (QED) is 0.766. The van der Waals surface area contributed by atoms with Crippen LogP contribution in [0.4, 0.5) is 4.79 Å². The molecule has 1 saturated heterocycles. The monoisotopic (exact) mass is 328 g/mol. The van der Waals surface area contributed by atoms with E-state index in [0.29, 0.717) is 19.0 Å². The largest absolute Gasteiger partial charge is 0.449 e. The lowest BCUT2D eigenvalue weighted by Gasteiger charge is -2.16. The van der Waals surface area contributed by atoms with Crippen LogP contribution >= 0.6 is 15.9 Å². The van der Waals surface area contributed by atoms with Crippen molar-refractivity contribution in [2.75, 3.05) is 25.0 Å². The number of carbonyl (C=O) groups excluding carboxylic acids is 1. The molecule has 1 heterocycles. The zero-order valence-electron chi connectivity index (χ0n) is 9.69. The van der Waals surface area contributed by atoms with Gasteiger partial charge in [0.2, 0.25) is 0 Å². The van der Waals surface area contributed by atoms with Gasteiger partial charge in [-0.05, 0) is 25.7 Å². The van der Waals surface area contributed by atoms with Crippen molar-refractivity contribution >= 4 is 32.2 Å². The first-order valence-electron chi connectivity index (χ1n) is 5.50. The summed E-state index contributed by atoms with van der Waals surface area (Å²) in [6.45, 7) is 2.67. The van der Waals surface area contributed by atoms with E-state index in [9.17, 15) is 13.2 Å². The van der Waals surface area contributed by atoms with Gasteiger partial charge in [0, 0.05) is 18.4 Å². The van der Waals surface area contributed by atoms with Crippen LogP contribution in [-0.2, 0) is 14.9 Å². The maximum absolute atomic E-state index is 11.8. The van der Waals surface area contributed by atoms with Gasteiger partial charge in [0.25, 0.3) is 0 Å². The average molecular weight is 329 g/mol. The molecule has 100 valence electrons. The molecule has 6 nitrogen and oxygen atoms in total. The lowest BCUT2D eigenvalue weighted by molar-refractivity contribution is 0.158. The predicted molar refractivity (Wildman–Crippen MR) is 67.2 cm³/mol. The molecule has 0 aromatic carbocycles. The van der Waals surface area contributed by atoms with Crippen molar-refractivity contribution in [3.8, 4) is 0 Å². The Bertz CT molecular complexity index is 360. The molecular weight excluding hydrogens is 312 g/mol. The Kier molecular flexibility index (Phi) is 5.68. The highest BCUT2D eigenvalue weighted by Crippen LogP contribution is 2.22. The van der Waals surface area contributed by atoms with Gasteiger partial charge in [-0.3, -0.25) is 0 Å². The Morgan fingerprint density at radius 2 is 2.29 bits per heavy atom. The third kappa shape index (κ3) is 4.44. The zero-order valence-corrected chi connectivity index (χ0v) is 12.1. The van der Waals surface area contributed by atoms with Crippen LogP contribution in [0, 0.1) is 5.92 Å². The lowest BCUT2D eigenvalue weighted by atomic mass is 10.1. The molecule has 0 aromatic heterocycles. The van der Waals surface area contributed by atoms with Crippen molar-refractivity contribution in [3.63, 3.8) is 0 Å². The molecule has 0 aliphatic carbocycles. The van der Waals surface area contributed by atoms with Crippen LogP contribution in [0.1, 0.15) is 19.8 Å². The van der Waals surface area contributed by atoms with Gasteiger partial charge in [-0.2, -0.15) is 12.7 Å². The van der Waals surface area contributed by atoms with E-state index in [1.54, 1.807) is 6.92 Å². The first-order valence-corrected chi connectivity index (χ1v) is 8.06. The number of halogens is 1. The minimum absolute atomic E-state index is 0.146. The molecule has 1 N–H and O–H groups in total. The molecular formula is C9H17BrN2O4S. The highest BCUT2D eigenvalue weighted by Gasteiger charge is 2.32. The number of ether oxygens (including phenoxy) is 1. The summed E-state index contributed by atoms with van der Waals surface area (Å²) >= 11 is 3.33. The highest BCUT2D eigenvalue weighted by molar-refractivity contribution is 9.09. The molecule has 8 heteroatoms.